The lowest BCUT2D eigenvalue weighted by Gasteiger charge is -2.02. The molecule has 0 aliphatic carbocycles. The summed E-state index contributed by atoms with van der Waals surface area (Å²) in [7, 11) is 0. The molecule has 19 heavy (non-hydrogen) atoms. The molecule has 0 atom stereocenters. The molecule has 0 aliphatic heterocycles. The van der Waals surface area contributed by atoms with Crippen molar-refractivity contribution in [1.29, 1.82) is 0 Å². The summed E-state index contributed by atoms with van der Waals surface area (Å²) in [6, 6.07) is 4.95. The van der Waals surface area contributed by atoms with Crippen LogP contribution < -0.4 is 5.32 Å². The van der Waals surface area contributed by atoms with E-state index in [0.717, 1.165) is 24.4 Å². The smallest absolute Gasteiger partial charge is 0.164 e. The second-order valence-corrected chi connectivity index (χ2v) is 5.14. The molecule has 102 valence electrons. The van der Waals surface area contributed by atoms with E-state index in [9.17, 15) is 4.39 Å². The van der Waals surface area contributed by atoms with Crippen molar-refractivity contribution in [2.24, 2.45) is 0 Å². The molecule has 0 saturated heterocycles. The molecule has 0 spiro atoms. The lowest BCUT2D eigenvalue weighted by Crippen LogP contribution is -2.15. The molecule has 0 radical (unpaired) electrons. The zero-order valence-electron chi connectivity index (χ0n) is 10.7. The minimum Gasteiger partial charge on any atom is -0.310 e. The maximum atomic E-state index is 13.1. The molecule has 4 nitrogen and oxygen atoms in total. The molecule has 1 aromatic carbocycles. The SMILES string of the molecule is CCCNCc1ncn(Cc2ccc(F)c(Br)c2)n1. The van der Waals surface area contributed by atoms with Gasteiger partial charge in [0.2, 0.25) is 0 Å². The first kappa shape index (κ1) is 14.1. The maximum Gasteiger partial charge on any atom is 0.164 e. The molecule has 0 amide bonds. The van der Waals surface area contributed by atoms with Crippen LogP contribution in [0.15, 0.2) is 29.0 Å². The van der Waals surface area contributed by atoms with Crippen LogP contribution in [0.3, 0.4) is 0 Å². The Labute approximate surface area is 120 Å². The van der Waals surface area contributed by atoms with Crippen molar-refractivity contribution in [3.8, 4) is 0 Å². The van der Waals surface area contributed by atoms with Crippen molar-refractivity contribution in [3.05, 3.63) is 46.2 Å². The van der Waals surface area contributed by atoms with Gasteiger partial charge >= 0.3 is 0 Å². The Balaban J connectivity index is 1.97. The summed E-state index contributed by atoms with van der Waals surface area (Å²) in [5.41, 5.74) is 0.978. The second kappa shape index (κ2) is 6.77. The summed E-state index contributed by atoms with van der Waals surface area (Å²) in [6.07, 6.45) is 2.78. The van der Waals surface area contributed by atoms with Gasteiger partial charge < -0.3 is 5.32 Å². The molecular formula is C13H16BrFN4. The Morgan fingerprint density at radius 3 is 3.00 bits per heavy atom. The van der Waals surface area contributed by atoms with Crippen molar-refractivity contribution < 1.29 is 4.39 Å². The van der Waals surface area contributed by atoms with Crippen LogP contribution in [0.2, 0.25) is 0 Å². The first-order valence-corrected chi connectivity index (χ1v) is 7.01. The summed E-state index contributed by atoms with van der Waals surface area (Å²) in [6.45, 7) is 4.33. The quantitative estimate of drug-likeness (QED) is 0.830. The average molecular weight is 327 g/mol. The van der Waals surface area contributed by atoms with Gasteiger partial charge in [-0.05, 0) is 46.6 Å². The van der Waals surface area contributed by atoms with Crippen molar-refractivity contribution in [1.82, 2.24) is 20.1 Å². The van der Waals surface area contributed by atoms with Gasteiger partial charge in [-0.3, -0.25) is 0 Å². The van der Waals surface area contributed by atoms with Gasteiger partial charge in [0.1, 0.15) is 12.1 Å². The van der Waals surface area contributed by atoms with Gasteiger partial charge in [0.05, 0.1) is 17.6 Å². The van der Waals surface area contributed by atoms with E-state index in [2.05, 4.69) is 38.3 Å². The molecule has 2 rings (SSSR count). The molecule has 1 aromatic heterocycles. The number of nitrogens with one attached hydrogen (secondary N) is 1. The normalized spacial score (nSPS) is 10.9. The minimum atomic E-state index is -0.258. The Kier molecular flexibility index (Phi) is 5.04. The maximum absolute atomic E-state index is 13.1. The second-order valence-electron chi connectivity index (χ2n) is 4.28. The lowest BCUT2D eigenvalue weighted by atomic mass is 10.2. The number of benzene rings is 1. The molecule has 0 bridgehead atoms. The molecule has 0 fully saturated rings. The summed E-state index contributed by atoms with van der Waals surface area (Å²) >= 11 is 3.18. The van der Waals surface area contributed by atoms with Gasteiger partial charge in [0.15, 0.2) is 5.82 Å². The van der Waals surface area contributed by atoms with Crippen molar-refractivity contribution in [3.63, 3.8) is 0 Å². The first-order valence-electron chi connectivity index (χ1n) is 6.22. The highest BCUT2D eigenvalue weighted by atomic mass is 79.9. The van der Waals surface area contributed by atoms with E-state index in [-0.39, 0.29) is 5.82 Å². The number of rotatable bonds is 6. The van der Waals surface area contributed by atoms with Gasteiger partial charge in [-0.15, -0.1) is 0 Å². The highest BCUT2D eigenvalue weighted by Crippen LogP contribution is 2.17. The average Bonchev–Trinajstić information content (AvgIpc) is 2.82. The molecule has 0 saturated carbocycles. The van der Waals surface area contributed by atoms with Crippen LogP contribution in [0, 0.1) is 5.82 Å². The van der Waals surface area contributed by atoms with Crippen LogP contribution in [0.5, 0.6) is 0 Å². The third-order valence-corrected chi connectivity index (χ3v) is 3.23. The van der Waals surface area contributed by atoms with E-state index in [0.29, 0.717) is 17.6 Å². The van der Waals surface area contributed by atoms with E-state index in [1.165, 1.54) is 6.07 Å². The monoisotopic (exact) mass is 326 g/mol. The minimum absolute atomic E-state index is 0.258. The van der Waals surface area contributed by atoms with Crippen LogP contribution in [-0.4, -0.2) is 21.3 Å². The molecule has 0 aliphatic rings. The molecule has 6 heteroatoms. The summed E-state index contributed by atoms with van der Waals surface area (Å²) < 4.78 is 15.3. The standard InChI is InChI=1S/C13H16BrFN4/c1-2-5-16-7-13-17-9-19(18-13)8-10-3-4-12(15)11(14)6-10/h3-4,6,9,16H,2,5,7-8H2,1H3. The Morgan fingerprint density at radius 2 is 2.26 bits per heavy atom. The van der Waals surface area contributed by atoms with Crippen LogP contribution in [0.1, 0.15) is 24.7 Å². The molecule has 2 aromatic rings. The number of hydrogen-bond donors (Lipinski definition) is 1. The molecule has 1 N–H and O–H groups in total. The van der Waals surface area contributed by atoms with E-state index in [1.807, 2.05) is 0 Å². The van der Waals surface area contributed by atoms with Gasteiger partial charge in [-0.2, -0.15) is 5.10 Å². The Hall–Kier alpha value is -1.27. The third kappa shape index (κ3) is 4.11. The fourth-order valence-electron chi connectivity index (χ4n) is 1.69. The van der Waals surface area contributed by atoms with Gasteiger partial charge in [0.25, 0.3) is 0 Å². The van der Waals surface area contributed by atoms with Crippen LogP contribution >= 0.6 is 15.9 Å². The predicted octanol–water partition coefficient (Wildman–Crippen LogP) is 2.73. The van der Waals surface area contributed by atoms with Gasteiger partial charge in [0, 0.05) is 0 Å². The highest BCUT2D eigenvalue weighted by Gasteiger charge is 2.04. The highest BCUT2D eigenvalue weighted by molar-refractivity contribution is 9.10. The van der Waals surface area contributed by atoms with Crippen molar-refractivity contribution in [2.75, 3.05) is 6.54 Å². The van der Waals surface area contributed by atoms with Crippen LogP contribution in [0.25, 0.3) is 0 Å². The molecule has 1 heterocycles. The largest absolute Gasteiger partial charge is 0.310 e. The number of aromatic nitrogens is 3. The number of hydrogen-bond acceptors (Lipinski definition) is 3. The van der Waals surface area contributed by atoms with E-state index in [4.69, 9.17) is 0 Å². The Bertz CT molecular complexity index is 541. The predicted molar refractivity (Wildman–Crippen MR) is 75.2 cm³/mol. The summed E-state index contributed by atoms with van der Waals surface area (Å²) in [5, 5.41) is 7.61. The van der Waals surface area contributed by atoms with Gasteiger partial charge in [-0.25, -0.2) is 14.1 Å². The van der Waals surface area contributed by atoms with E-state index >= 15 is 0 Å². The molecule has 0 unspecified atom stereocenters. The van der Waals surface area contributed by atoms with E-state index < -0.39 is 0 Å². The summed E-state index contributed by atoms with van der Waals surface area (Å²) in [4.78, 5) is 4.23. The van der Waals surface area contributed by atoms with Crippen molar-refractivity contribution >= 4 is 15.9 Å². The van der Waals surface area contributed by atoms with Crippen molar-refractivity contribution in [2.45, 2.75) is 26.4 Å². The summed E-state index contributed by atoms with van der Waals surface area (Å²) in [5.74, 6) is 0.515. The zero-order chi connectivity index (χ0) is 13.7. The fourth-order valence-corrected chi connectivity index (χ4v) is 2.12. The number of nitrogens with zero attached hydrogens (tertiary/aromatic N) is 3. The lowest BCUT2D eigenvalue weighted by molar-refractivity contribution is 0.613. The molecular weight excluding hydrogens is 311 g/mol. The number of halogens is 2. The third-order valence-electron chi connectivity index (χ3n) is 2.62. The van der Waals surface area contributed by atoms with Gasteiger partial charge in [-0.1, -0.05) is 13.0 Å². The topological polar surface area (TPSA) is 42.7 Å². The van der Waals surface area contributed by atoms with Crippen LogP contribution in [0.4, 0.5) is 4.39 Å². The Morgan fingerprint density at radius 1 is 1.42 bits per heavy atom. The van der Waals surface area contributed by atoms with E-state index in [1.54, 1.807) is 23.1 Å². The zero-order valence-corrected chi connectivity index (χ0v) is 12.3. The first-order chi connectivity index (χ1) is 9.19. The van der Waals surface area contributed by atoms with Crippen LogP contribution in [-0.2, 0) is 13.1 Å². The fraction of sp³-hybridized carbons (Fsp3) is 0.385.